The van der Waals surface area contributed by atoms with Crippen molar-refractivity contribution in [3.05, 3.63) is 10.4 Å². The molecule has 0 N–H and O–H groups in total. The number of azide groups is 1. The van der Waals surface area contributed by atoms with Crippen LogP contribution in [0.4, 0.5) is 4.79 Å². The van der Waals surface area contributed by atoms with Crippen molar-refractivity contribution in [1.82, 2.24) is 4.90 Å². The first-order valence-electron chi connectivity index (χ1n) is 5.37. The summed E-state index contributed by atoms with van der Waals surface area (Å²) in [6.45, 7) is 7.86. The summed E-state index contributed by atoms with van der Waals surface area (Å²) in [5.41, 5.74) is 7.86. The third-order valence-corrected chi connectivity index (χ3v) is 2.40. The third kappa shape index (κ3) is 3.31. The van der Waals surface area contributed by atoms with E-state index in [1.165, 1.54) is 0 Å². The summed E-state index contributed by atoms with van der Waals surface area (Å²) in [5, 5.41) is 3.63. The molecular weight excluding hydrogens is 208 g/mol. The van der Waals surface area contributed by atoms with E-state index in [-0.39, 0.29) is 18.2 Å². The summed E-state index contributed by atoms with van der Waals surface area (Å²) in [6, 6.07) is -0.0714. The molecule has 6 nitrogen and oxygen atoms in total. The van der Waals surface area contributed by atoms with Crippen LogP contribution in [0.15, 0.2) is 5.11 Å². The fraction of sp³-hybridized carbons (Fsp3) is 0.900. The zero-order valence-electron chi connectivity index (χ0n) is 10.2. The maximum atomic E-state index is 11.8. The van der Waals surface area contributed by atoms with Gasteiger partial charge in [-0.1, -0.05) is 5.11 Å². The molecule has 0 aromatic rings. The number of carbonyl (C=O) groups is 1. The number of amides is 1. The second kappa shape index (κ2) is 4.61. The predicted octanol–water partition coefficient (Wildman–Crippen LogP) is 2.69. The van der Waals surface area contributed by atoms with Gasteiger partial charge in [0.15, 0.2) is 0 Å². The van der Waals surface area contributed by atoms with Crippen molar-refractivity contribution in [2.45, 2.75) is 51.8 Å². The van der Waals surface area contributed by atoms with Crippen molar-refractivity contribution in [2.24, 2.45) is 5.11 Å². The van der Waals surface area contributed by atoms with Crippen molar-refractivity contribution in [3.8, 4) is 0 Å². The van der Waals surface area contributed by atoms with Crippen molar-refractivity contribution in [1.29, 1.82) is 0 Å². The second-order valence-corrected chi connectivity index (χ2v) is 5.08. The maximum absolute atomic E-state index is 11.8. The van der Waals surface area contributed by atoms with Crippen LogP contribution in [-0.4, -0.2) is 35.2 Å². The van der Waals surface area contributed by atoms with Gasteiger partial charge in [-0.3, -0.25) is 0 Å². The third-order valence-electron chi connectivity index (χ3n) is 2.40. The standard InChI is InChI=1S/C10H18N4O2/c1-7-5-8(12-13-11)6-14(7)9(15)16-10(2,3)4/h7-8H,5-6H2,1-4H3/t7-,8?/m1/s1. The van der Waals surface area contributed by atoms with Crippen LogP contribution in [0.1, 0.15) is 34.1 Å². The molecule has 1 unspecified atom stereocenters. The van der Waals surface area contributed by atoms with Crippen LogP contribution in [0, 0.1) is 0 Å². The summed E-state index contributed by atoms with van der Waals surface area (Å²) in [7, 11) is 0. The Bertz CT molecular complexity index is 317. The average molecular weight is 226 g/mol. The smallest absolute Gasteiger partial charge is 0.410 e. The van der Waals surface area contributed by atoms with Gasteiger partial charge in [-0.2, -0.15) is 0 Å². The highest BCUT2D eigenvalue weighted by molar-refractivity contribution is 5.69. The van der Waals surface area contributed by atoms with Gasteiger partial charge in [-0.25, -0.2) is 4.79 Å². The number of nitrogens with zero attached hydrogens (tertiary/aromatic N) is 4. The molecule has 1 aliphatic rings. The van der Waals surface area contributed by atoms with Crippen LogP contribution in [-0.2, 0) is 4.74 Å². The molecule has 1 rings (SSSR count). The summed E-state index contributed by atoms with van der Waals surface area (Å²) < 4.78 is 5.27. The van der Waals surface area contributed by atoms with Gasteiger partial charge < -0.3 is 9.64 Å². The fourth-order valence-electron chi connectivity index (χ4n) is 1.73. The van der Waals surface area contributed by atoms with Crippen LogP contribution >= 0.6 is 0 Å². The molecule has 90 valence electrons. The lowest BCUT2D eigenvalue weighted by atomic mass is 10.2. The van der Waals surface area contributed by atoms with Gasteiger partial charge in [0.05, 0.1) is 6.04 Å². The maximum Gasteiger partial charge on any atom is 0.410 e. The molecule has 0 bridgehead atoms. The van der Waals surface area contributed by atoms with E-state index in [9.17, 15) is 4.79 Å². The zero-order valence-corrected chi connectivity index (χ0v) is 10.2. The van der Waals surface area contributed by atoms with Gasteiger partial charge in [0.2, 0.25) is 0 Å². The van der Waals surface area contributed by atoms with Crippen molar-refractivity contribution in [2.75, 3.05) is 6.54 Å². The highest BCUT2D eigenvalue weighted by Gasteiger charge is 2.34. The Morgan fingerprint density at radius 1 is 1.56 bits per heavy atom. The molecule has 0 saturated carbocycles. The van der Waals surface area contributed by atoms with Crippen molar-refractivity contribution in [3.63, 3.8) is 0 Å². The first-order valence-corrected chi connectivity index (χ1v) is 5.37. The summed E-state index contributed by atoms with van der Waals surface area (Å²) in [4.78, 5) is 16.2. The van der Waals surface area contributed by atoms with E-state index in [1.54, 1.807) is 4.90 Å². The monoisotopic (exact) mass is 226 g/mol. The Morgan fingerprint density at radius 3 is 2.69 bits per heavy atom. The van der Waals surface area contributed by atoms with Gasteiger partial charge in [0.25, 0.3) is 0 Å². The molecule has 16 heavy (non-hydrogen) atoms. The minimum atomic E-state index is -0.493. The molecule has 0 radical (unpaired) electrons. The topological polar surface area (TPSA) is 78.3 Å². The van der Waals surface area contributed by atoms with Crippen LogP contribution in [0.25, 0.3) is 10.4 Å². The number of rotatable bonds is 1. The van der Waals surface area contributed by atoms with Gasteiger partial charge in [-0.05, 0) is 39.6 Å². The summed E-state index contributed by atoms with van der Waals surface area (Å²) >= 11 is 0. The minimum absolute atomic E-state index is 0.0605. The Balaban J connectivity index is 2.61. The zero-order chi connectivity index (χ0) is 12.3. The van der Waals surface area contributed by atoms with Crippen LogP contribution < -0.4 is 0 Å². The lowest BCUT2D eigenvalue weighted by Crippen LogP contribution is -2.39. The lowest BCUT2D eigenvalue weighted by Gasteiger charge is -2.26. The van der Waals surface area contributed by atoms with E-state index in [0.29, 0.717) is 13.0 Å². The normalized spacial score (nSPS) is 25.1. The number of ether oxygens (including phenoxy) is 1. The molecule has 0 aliphatic carbocycles. The average Bonchev–Trinajstić information content (AvgIpc) is 2.44. The van der Waals surface area contributed by atoms with E-state index >= 15 is 0 Å². The molecule has 1 aliphatic heterocycles. The summed E-state index contributed by atoms with van der Waals surface area (Å²) in [5.74, 6) is 0. The SMILES string of the molecule is C[C@@H]1CC(N=[N+]=[N-])CN1C(=O)OC(C)(C)C. The number of likely N-dealkylation sites (tertiary alicyclic amines) is 1. The Hall–Kier alpha value is -1.42. The number of hydrogen-bond acceptors (Lipinski definition) is 3. The van der Waals surface area contributed by atoms with E-state index in [2.05, 4.69) is 10.0 Å². The van der Waals surface area contributed by atoms with Gasteiger partial charge in [-0.15, -0.1) is 0 Å². The molecular formula is C10H18N4O2. The largest absolute Gasteiger partial charge is 0.444 e. The molecule has 6 heteroatoms. The first kappa shape index (κ1) is 12.6. The summed E-state index contributed by atoms with van der Waals surface area (Å²) in [6.07, 6.45) is 0.360. The highest BCUT2D eigenvalue weighted by atomic mass is 16.6. The fourth-order valence-corrected chi connectivity index (χ4v) is 1.73. The van der Waals surface area contributed by atoms with E-state index < -0.39 is 5.60 Å². The molecule has 1 heterocycles. The molecule has 0 spiro atoms. The van der Waals surface area contributed by atoms with Gasteiger partial charge in [0.1, 0.15) is 5.60 Å². The van der Waals surface area contributed by atoms with E-state index in [0.717, 1.165) is 0 Å². The second-order valence-electron chi connectivity index (χ2n) is 5.08. The van der Waals surface area contributed by atoms with Crippen LogP contribution in [0.2, 0.25) is 0 Å². The number of hydrogen-bond donors (Lipinski definition) is 0. The highest BCUT2D eigenvalue weighted by Crippen LogP contribution is 2.22. The van der Waals surface area contributed by atoms with Gasteiger partial charge >= 0.3 is 6.09 Å². The minimum Gasteiger partial charge on any atom is -0.444 e. The molecule has 1 amide bonds. The Labute approximate surface area is 95.2 Å². The molecule has 1 saturated heterocycles. The van der Waals surface area contributed by atoms with Crippen molar-refractivity contribution >= 4 is 6.09 Å². The van der Waals surface area contributed by atoms with Crippen LogP contribution in [0.5, 0.6) is 0 Å². The van der Waals surface area contributed by atoms with E-state index in [4.69, 9.17) is 10.3 Å². The van der Waals surface area contributed by atoms with Gasteiger partial charge in [0, 0.05) is 17.5 Å². The Morgan fingerprint density at radius 2 is 2.19 bits per heavy atom. The van der Waals surface area contributed by atoms with E-state index in [1.807, 2.05) is 27.7 Å². The predicted molar refractivity (Wildman–Crippen MR) is 60.0 cm³/mol. The number of carbonyl (C=O) groups excluding carboxylic acids is 1. The first-order chi connectivity index (χ1) is 7.33. The quantitative estimate of drug-likeness (QED) is 0.391. The Kier molecular flexibility index (Phi) is 3.65. The molecule has 0 aromatic heterocycles. The molecule has 2 atom stereocenters. The van der Waals surface area contributed by atoms with Crippen molar-refractivity contribution < 1.29 is 9.53 Å². The lowest BCUT2D eigenvalue weighted by molar-refractivity contribution is 0.0237. The molecule has 0 aromatic carbocycles. The molecule has 1 fully saturated rings. The van der Waals surface area contributed by atoms with Crippen LogP contribution in [0.3, 0.4) is 0 Å².